The van der Waals surface area contributed by atoms with Crippen molar-refractivity contribution >= 4 is 57.2 Å². The van der Waals surface area contributed by atoms with Gasteiger partial charge in [-0.25, -0.2) is 28.0 Å². The summed E-state index contributed by atoms with van der Waals surface area (Å²) in [5.74, 6) is -0.968. The van der Waals surface area contributed by atoms with E-state index in [4.69, 9.17) is 15.4 Å². The summed E-state index contributed by atoms with van der Waals surface area (Å²) in [6, 6.07) is 13.5. The van der Waals surface area contributed by atoms with Crippen molar-refractivity contribution in [3.63, 3.8) is 0 Å². The normalized spacial score (nSPS) is 16.6. The Kier molecular flexibility index (Phi) is 16.5. The fraction of sp³-hybridized carbons (Fsp3) is 0.381. The molecule has 0 saturated carbocycles. The number of hydrogen-bond acceptors (Lipinski definition) is 15. The fourth-order valence-corrected chi connectivity index (χ4v) is 9.59. The molecular formula is C42H53N4O12S3+. The number of sulfonamides is 1. The topological polar surface area (TPSA) is 193 Å². The van der Waals surface area contributed by atoms with E-state index in [1.54, 1.807) is 12.1 Å². The van der Waals surface area contributed by atoms with Crippen molar-refractivity contribution in [2.24, 2.45) is 0 Å². The lowest BCUT2D eigenvalue weighted by atomic mass is 9.81. The first-order valence-electron chi connectivity index (χ1n) is 19.5. The quantitative estimate of drug-likeness (QED) is 0.0189. The van der Waals surface area contributed by atoms with Gasteiger partial charge in [-0.2, -0.15) is 4.58 Å². The standard InChI is InChI=1S/C42H52N4O12S3/c1-7-44-34-22-20-31(61(52,53)43(6)25-15-18-40(49)54-46-38(47)23-24-39(46)48)29-33(34)42(4,5)36(44)16-11-9-8-10-12-17-37-41(2,3)32-28-30(60-58-56-51)19-21-35(32)45(37)26-13-14-27-59-57-55-50/h8-12,16-17,19-24,28-29H,7,13-15,18,25-27H2,1-6H3,(H3-,47,48,50,51)/p+1. The Balaban J connectivity index is 1.26. The lowest BCUT2D eigenvalue weighted by Crippen LogP contribution is -2.29. The zero-order valence-electron chi connectivity index (χ0n) is 34.9. The predicted octanol–water partition coefficient (Wildman–Crippen LogP) is 7.98. The van der Waals surface area contributed by atoms with Crippen LogP contribution in [-0.4, -0.2) is 86.9 Å². The summed E-state index contributed by atoms with van der Waals surface area (Å²) in [4.78, 5) is 20.3. The molecular weight excluding hydrogens is 849 g/mol. The number of unbranched alkanes of at least 4 members (excludes halogenated alkanes) is 1. The zero-order valence-corrected chi connectivity index (χ0v) is 37.3. The highest BCUT2D eigenvalue weighted by Crippen LogP contribution is 2.48. The summed E-state index contributed by atoms with van der Waals surface area (Å²) in [5.41, 5.74) is 5.25. The van der Waals surface area contributed by atoms with E-state index in [1.165, 1.54) is 23.5 Å². The highest BCUT2D eigenvalue weighted by Gasteiger charge is 2.44. The number of benzene rings is 2. The molecule has 2 aliphatic rings. The molecule has 0 fully saturated rings. The minimum atomic E-state index is -3.90. The molecule has 4 N–H and O–H groups in total. The lowest BCUT2D eigenvalue weighted by Gasteiger charge is -2.25. The third-order valence-electron chi connectivity index (χ3n) is 10.6. The highest BCUT2D eigenvalue weighted by molar-refractivity contribution is 7.94. The first kappa shape index (κ1) is 47.6. The van der Waals surface area contributed by atoms with E-state index in [2.05, 4.69) is 75.0 Å². The third-order valence-corrected chi connectivity index (χ3v) is 13.7. The molecule has 0 unspecified atom stereocenters. The number of allylic oxidation sites excluding steroid dienone is 8. The van der Waals surface area contributed by atoms with Crippen LogP contribution in [0, 0.1) is 0 Å². The minimum absolute atomic E-state index is 0.0429. The first-order valence-corrected chi connectivity index (χ1v) is 22.6. The number of rotatable bonds is 22. The summed E-state index contributed by atoms with van der Waals surface area (Å²) in [6.07, 6.45) is 15.7. The van der Waals surface area contributed by atoms with Gasteiger partial charge in [0.2, 0.25) is 27.5 Å². The second kappa shape index (κ2) is 21.1. The van der Waals surface area contributed by atoms with Crippen molar-refractivity contribution in [2.45, 2.75) is 80.9 Å². The third kappa shape index (κ3) is 11.0. The molecule has 61 heavy (non-hydrogen) atoms. The van der Waals surface area contributed by atoms with Crippen LogP contribution >= 0.6 is 24.1 Å². The van der Waals surface area contributed by atoms with E-state index in [0.29, 0.717) is 17.0 Å². The number of hydrogen-bond donors (Lipinski definition) is 4. The van der Waals surface area contributed by atoms with Crippen LogP contribution in [0.3, 0.4) is 0 Å². The second-order valence-electron chi connectivity index (χ2n) is 15.2. The van der Waals surface area contributed by atoms with Gasteiger partial charge in [0, 0.05) is 102 Å². The highest BCUT2D eigenvalue weighted by atomic mass is 32.2. The minimum Gasteiger partial charge on any atom is -0.492 e. The van der Waals surface area contributed by atoms with Gasteiger partial charge in [-0.1, -0.05) is 54.3 Å². The molecule has 0 saturated heterocycles. The van der Waals surface area contributed by atoms with Gasteiger partial charge in [-0.05, 0) is 75.6 Å². The van der Waals surface area contributed by atoms with Crippen molar-refractivity contribution < 1.29 is 62.1 Å². The number of fused-ring (bicyclic) bond motifs is 2. The van der Waals surface area contributed by atoms with Crippen molar-refractivity contribution in [3.8, 4) is 11.8 Å². The van der Waals surface area contributed by atoms with Gasteiger partial charge < -0.3 is 20.0 Å². The van der Waals surface area contributed by atoms with Crippen LogP contribution in [-0.2, 0) is 44.4 Å². The largest absolute Gasteiger partial charge is 0.492 e. The van der Waals surface area contributed by atoms with E-state index in [9.17, 15) is 23.4 Å². The van der Waals surface area contributed by atoms with E-state index >= 15 is 0 Å². The Bertz CT molecular complexity index is 2280. The van der Waals surface area contributed by atoms with Crippen molar-refractivity contribution in [1.82, 2.24) is 9.04 Å². The smallest absolute Gasteiger partial charge is 0.333 e. The van der Waals surface area contributed by atoms with Crippen LogP contribution in [0.25, 0.3) is 0 Å². The summed E-state index contributed by atoms with van der Waals surface area (Å²) in [6.45, 7) is 12.0. The van der Waals surface area contributed by atoms with Crippen molar-refractivity contribution in [1.29, 1.82) is 0 Å². The van der Waals surface area contributed by atoms with Crippen LogP contribution in [0.15, 0.2) is 107 Å². The molecule has 0 amide bonds. The average Bonchev–Trinajstić information content (AvgIpc) is 3.74. The zero-order chi connectivity index (χ0) is 44.4. The molecule has 3 aromatic rings. The molecule has 3 heterocycles. The Hall–Kier alpha value is -4.41. The maximum absolute atomic E-state index is 13.7. The summed E-state index contributed by atoms with van der Waals surface area (Å²) >= 11 is 1.96. The number of aromatic nitrogens is 1. The number of likely N-dealkylation sites (N-methyl/N-ethyl adjacent to an activating group) is 1. The molecule has 0 aliphatic carbocycles. The maximum atomic E-state index is 13.7. The Labute approximate surface area is 364 Å². The van der Waals surface area contributed by atoms with E-state index < -0.39 is 33.2 Å². The van der Waals surface area contributed by atoms with Crippen LogP contribution in [0.5, 0.6) is 11.8 Å². The predicted molar refractivity (Wildman–Crippen MR) is 233 cm³/mol. The second-order valence-corrected chi connectivity index (χ2v) is 18.8. The fourth-order valence-electron chi connectivity index (χ4n) is 7.52. The molecule has 0 atom stereocenters. The number of aromatic hydroxyl groups is 2. The average molecular weight is 902 g/mol. The molecule has 19 heteroatoms. The van der Waals surface area contributed by atoms with E-state index in [-0.39, 0.29) is 29.7 Å². The lowest BCUT2D eigenvalue weighted by molar-refractivity contribution is -0.438. The molecule has 0 spiro atoms. The molecule has 2 aromatic carbocycles. The van der Waals surface area contributed by atoms with Gasteiger partial charge in [0.1, 0.15) is 6.54 Å². The molecule has 330 valence electrons. The first-order chi connectivity index (χ1) is 29.1. The summed E-state index contributed by atoms with van der Waals surface area (Å²) in [7, 11) is -2.44. The van der Waals surface area contributed by atoms with Gasteiger partial charge in [0.15, 0.2) is 5.71 Å². The van der Waals surface area contributed by atoms with Gasteiger partial charge in [0.05, 0.1) is 22.4 Å². The van der Waals surface area contributed by atoms with Gasteiger partial charge in [-0.3, -0.25) is 0 Å². The van der Waals surface area contributed by atoms with Crippen LogP contribution in [0.4, 0.5) is 11.4 Å². The van der Waals surface area contributed by atoms with Crippen molar-refractivity contribution in [2.75, 3.05) is 37.3 Å². The molecule has 2 aliphatic heterocycles. The van der Waals surface area contributed by atoms with E-state index in [1.807, 2.05) is 54.6 Å². The molecule has 1 aromatic heterocycles. The Morgan fingerprint density at radius 2 is 1.57 bits per heavy atom. The van der Waals surface area contributed by atoms with Crippen LogP contribution in [0.2, 0.25) is 0 Å². The molecule has 0 radical (unpaired) electrons. The molecule has 0 bridgehead atoms. The molecule has 5 rings (SSSR count). The van der Waals surface area contributed by atoms with Crippen LogP contribution in [0.1, 0.15) is 71.4 Å². The number of carbonyl (C=O) groups is 1. The Morgan fingerprint density at radius 1 is 0.869 bits per heavy atom. The molecule has 16 nitrogen and oxygen atoms in total. The van der Waals surface area contributed by atoms with Crippen LogP contribution < -0.4 is 9.74 Å². The summed E-state index contributed by atoms with van der Waals surface area (Å²) < 4.78 is 40.6. The van der Waals surface area contributed by atoms with Gasteiger partial charge >= 0.3 is 5.97 Å². The SMILES string of the molecule is CCN1C(=CC=CC=CC=CC2=[N+](CCCCSOOO)c3ccc(SOOO)cc3C2(C)C)C(C)(C)c2cc(S(=O)(=O)N(C)CCCC(=O)On3c(O)ccc3O)ccc21. The number of nitrogens with zero attached hydrogens (tertiary/aromatic N) is 4. The van der Waals surface area contributed by atoms with E-state index in [0.717, 1.165) is 82.3 Å². The number of anilines is 1. The Morgan fingerprint density at radius 3 is 2.28 bits per heavy atom. The van der Waals surface area contributed by atoms with Crippen molar-refractivity contribution in [3.05, 3.63) is 108 Å². The number of carbonyl (C=O) groups excluding carboxylic acids is 1. The summed E-state index contributed by atoms with van der Waals surface area (Å²) in [5, 5.41) is 43.9. The monoisotopic (exact) mass is 901 g/mol. The van der Waals surface area contributed by atoms with Gasteiger partial charge in [0.25, 0.3) is 0 Å². The van der Waals surface area contributed by atoms with Gasteiger partial charge in [-0.15, -0.1) is 13.4 Å². The maximum Gasteiger partial charge on any atom is 0.333 e.